The highest BCUT2D eigenvalue weighted by molar-refractivity contribution is 5.91. The van der Waals surface area contributed by atoms with Crippen LogP contribution >= 0.6 is 0 Å². The maximum atomic E-state index is 13.8. The number of halogens is 1. The van der Waals surface area contributed by atoms with E-state index in [1.54, 1.807) is 22.6 Å². The highest BCUT2D eigenvalue weighted by Crippen LogP contribution is 2.20. The number of fused-ring (bicyclic) bond motifs is 1. The topological polar surface area (TPSA) is 63.1 Å². The number of imidazole rings is 1. The summed E-state index contributed by atoms with van der Waals surface area (Å²) in [7, 11) is 0. The fourth-order valence-corrected chi connectivity index (χ4v) is 2.93. The van der Waals surface area contributed by atoms with Gasteiger partial charge < -0.3 is 5.32 Å². The SMILES string of the molecule is O=C(NCc1ccccc1F)c1[nH]c(-c2cc[nH+]cc2)c2cccc[n+]12. The molecule has 4 rings (SSSR count). The molecule has 3 heterocycles. The van der Waals surface area contributed by atoms with Gasteiger partial charge in [-0.1, -0.05) is 24.3 Å². The summed E-state index contributed by atoms with van der Waals surface area (Å²) in [5.41, 5.74) is 3.13. The van der Waals surface area contributed by atoms with Crippen LogP contribution in [0.3, 0.4) is 0 Å². The fourth-order valence-electron chi connectivity index (χ4n) is 2.93. The van der Waals surface area contributed by atoms with Gasteiger partial charge in [0.15, 0.2) is 23.6 Å². The molecule has 5 nitrogen and oxygen atoms in total. The van der Waals surface area contributed by atoms with Crippen LogP contribution in [0.1, 0.15) is 16.2 Å². The lowest BCUT2D eigenvalue weighted by atomic mass is 10.2. The number of rotatable bonds is 4. The van der Waals surface area contributed by atoms with E-state index in [1.807, 2.05) is 48.9 Å². The van der Waals surface area contributed by atoms with Gasteiger partial charge in [0, 0.05) is 29.8 Å². The summed E-state index contributed by atoms with van der Waals surface area (Å²) in [4.78, 5) is 18.9. The molecule has 128 valence electrons. The molecule has 0 atom stereocenters. The third-order valence-electron chi connectivity index (χ3n) is 4.22. The Morgan fingerprint density at radius 1 is 1.08 bits per heavy atom. The van der Waals surface area contributed by atoms with Crippen molar-refractivity contribution in [1.82, 2.24) is 10.3 Å². The standard InChI is InChI=1S/C20H15FN4O/c21-16-6-2-1-5-15(16)13-23-20(26)19-24-18(14-8-10-22-11-9-14)17-7-3-4-12-25(17)19/h1-12H,13H2,(H,23,26)/p+2. The Hall–Kier alpha value is -3.54. The number of pyridine rings is 2. The molecule has 0 radical (unpaired) electrons. The number of hydrogen-bond donors (Lipinski definition) is 2. The quantitative estimate of drug-likeness (QED) is 0.546. The lowest BCUT2D eigenvalue weighted by Gasteiger charge is -2.03. The molecule has 0 aliphatic rings. The molecule has 0 spiro atoms. The van der Waals surface area contributed by atoms with Crippen LogP contribution in [0, 0.1) is 5.82 Å². The van der Waals surface area contributed by atoms with Crippen LogP contribution < -0.4 is 14.7 Å². The number of aromatic nitrogens is 3. The molecule has 0 saturated heterocycles. The summed E-state index contributed by atoms with van der Waals surface area (Å²) in [6, 6.07) is 16.0. The Morgan fingerprint density at radius 2 is 1.85 bits per heavy atom. The lowest BCUT2D eigenvalue weighted by Crippen LogP contribution is -2.34. The van der Waals surface area contributed by atoms with Crippen LogP contribution in [0.5, 0.6) is 0 Å². The van der Waals surface area contributed by atoms with Crippen LogP contribution in [-0.2, 0) is 6.54 Å². The zero-order valence-electron chi connectivity index (χ0n) is 13.9. The van der Waals surface area contributed by atoms with Crippen LogP contribution in [-0.4, -0.2) is 10.9 Å². The normalized spacial score (nSPS) is 10.8. The number of aromatic amines is 2. The minimum atomic E-state index is -0.335. The van der Waals surface area contributed by atoms with Gasteiger partial charge in [-0.15, -0.1) is 0 Å². The van der Waals surface area contributed by atoms with E-state index in [2.05, 4.69) is 15.3 Å². The largest absolute Gasteiger partial charge is 0.351 e. The predicted molar refractivity (Wildman–Crippen MR) is 93.5 cm³/mol. The number of nitrogens with one attached hydrogen (secondary N) is 3. The smallest absolute Gasteiger partial charge is 0.341 e. The zero-order chi connectivity index (χ0) is 17.9. The predicted octanol–water partition coefficient (Wildman–Crippen LogP) is 2.30. The molecule has 0 aliphatic heterocycles. The first-order valence-corrected chi connectivity index (χ1v) is 8.24. The molecule has 26 heavy (non-hydrogen) atoms. The second kappa shape index (κ2) is 6.76. The summed E-state index contributed by atoms with van der Waals surface area (Å²) in [6.45, 7) is 0.120. The zero-order valence-corrected chi connectivity index (χ0v) is 13.9. The minimum absolute atomic E-state index is 0.120. The Morgan fingerprint density at radius 3 is 2.65 bits per heavy atom. The third-order valence-corrected chi connectivity index (χ3v) is 4.22. The highest BCUT2D eigenvalue weighted by atomic mass is 19.1. The van der Waals surface area contributed by atoms with Gasteiger partial charge in [-0.25, -0.2) is 14.4 Å². The second-order valence-corrected chi connectivity index (χ2v) is 5.87. The molecule has 3 aromatic heterocycles. The van der Waals surface area contributed by atoms with Gasteiger partial charge in [0.05, 0.1) is 6.20 Å². The van der Waals surface area contributed by atoms with E-state index in [-0.39, 0.29) is 18.3 Å². The molecule has 4 aromatic rings. The molecular formula is C20H17FN4O+2. The molecule has 0 fully saturated rings. The van der Waals surface area contributed by atoms with Gasteiger partial charge in [0.25, 0.3) is 0 Å². The number of carbonyl (C=O) groups is 1. The molecule has 3 N–H and O–H groups in total. The maximum absolute atomic E-state index is 13.8. The van der Waals surface area contributed by atoms with Crippen molar-refractivity contribution in [3.63, 3.8) is 0 Å². The maximum Gasteiger partial charge on any atom is 0.351 e. The second-order valence-electron chi connectivity index (χ2n) is 5.87. The number of nitrogens with zero attached hydrogens (tertiary/aromatic N) is 1. The van der Waals surface area contributed by atoms with Crippen molar-refractivity contribution in [2.75, 3.05) is 0 Å². The van der Waals surface area contributed by atoms with Gasteiger partial charge in [0.1, 0.15) is 5.82 Å². The summed E-state index contributed by atoms with van der Waals surface area (Å²) >= 11 is 0. The molecule has 0 unspecified atom stereocenters. The molecule has 1 amide bonds. The summed E-state index contributed by atoms with van der Waals surface area (Å²) in [5.74, 6) is -0.249. The van der Waals surface area contributed by atoms with Crippen molar-refractivity contribution in [3.05, 3.63) is 90.4 Å². The van der Waals surface area contributed by atoms with E-state index in [0.29, 0.717) is 11.4 Å². The van der Waals surface area contributed by atoms with Crippen molar-refractivity contribution in [3.8, 4) is 11.3 Å². The van der Waals surface area contributed by atoms with Crippen LogP contribution in [0.2, 0.25) is 0 Å². The molecule has 0 aliphatic carbocycles. The van der Waals surface area contributed by atoms with E-state index in [0.717, 1.165) is 16.8 Å². The Kier molecular flexibility index (Phi) is 4.15. The third kappa shape index (κ3) is 2.93. The Bertz CT molecular complexity index is 1080. The molecule has 0 bridgehead atoms. The van der Waals surface area contributed by atoms with E-state index in [9.17, 15) is 9.18 Å². The van der Waals surface area contributed by atoms with Gasteiger partial charge in [0.2, 0.25) is 0 Å². The summed E-state index contributed by atoms with van der Waals surface area (Å²) in [6.07, 6.45) is 5.48. The average molecular weight is 348 g/mol. The first-order chi connectivity index (χ1) is 12.7. The lowest BCUT2D eigenvalue weighted by molar-refractivity contribution is -0.513. The van der Waals surface area contributed by atoms with Gasteiger partial charge >= 0.3 is 11.7 Å². The number of carbonyl (C=O) groups excluding carboxylic acids is 1. The monoisotopic (exact) mass is 348 g/mol. The molecular weight excluding hydrogens is 331 g/mol. The van der Waals surface area contributed by atoms with Gasteiger partial charge in [-0.05, 0) is 18.2 Å². The molecule has 0 saturated carbocycles. The Labute approximate surface area is 149 Å². The van der Waals surface area contributed by atoms with Crippen LogP contribution in [0.15, 0.2) is 73.2 Å². The molecule has 1 aromatic carbocycles. The van der Waals surface area contributed by atoms with Crippen LogP contribution in [0.4, 0.5) is 4.39 Å². The number of amides is 1. The van der Waals surface area contributed by atoms with Gasteiger partial charge in [-0.3, -0.25) is 4.79 Å². The number of hydrogen-bond acceptors (Lipinski definition) is 1. The first-order valence-electron chi connectivity index (χ1n) is 8.24. The number of H-pyrrole nitrogens is 2. The van der Waals surface area contributed by atoms with Crippen LogP contribution in [0.25, 0.3) is 16.8 Å². The van der Waals surface area contributed by atoms with Crippen molar-refractivity contribution in [2.24, 2.45) is 0 Å². The van der Waals surface area contributed by atoms with E-state index < -0.39 is 0 Å². The minimum Gasteiger partial charge on any atom is -0.341 e. The van der Waals surface area contributed by atoms with E-state index in [4.69, 9.17) is 0 Å². The fraction of sp³-hybridized carbons (Fsp3) is 0.0500. The van der Waals surface area contributed by atoms with Crippen molar-refractivity contribution >= 4 is 11.4 Å². The van der Waals surface area contributed by atoms with E-state index >= 15 is 0 Å². The highest BCUT2D eigenvalue weighted by Gasteiger charge is 2.25. The van der Waals surface area contributed by atoms with Crippen molar-refractivity contribution in [2.45, 2.75) is 6.54 Å². The van der Waals surface area contributed by atoms with Crippen molar-refractivity contribution in [1.29, 1.82) is 0 Å². The molecule has 6 heteroatoms. The average Bonchev–Trinajstić information content (AvgIpc) is 3.08. The summed E-state index contributed by atoms with van der Waals surface area (Å²) < 4.78 is 15.5. The Balaban J connectivity index is 1.68. The van der Waals surface area contributed by atoms with Crippen molar-refractivity contribution < 1.29 is 18.6 Å². The number of benzene rings is 1. The van der Waals surface area contributed by atoms with E-state index in [1.165, 1.54) is 6.07 Å². The summed E-state index contributed by atoms with van der Waals surface area (Å²) in [5, 5.41) is 2.78. The van der Waals surface area contributed by atoms with Gasteiger partial charge in [-0.2, -0.15) is 4.40 Å². The first kappa shape index (κ1) is 16.0.